The van der Waals surface area contributed by atoms with E-state index in [1.165, 1.54) is 5.56 Å². The van der Waals surface area contributed by atoms with Crippen molar-refractivity contribution in [3.05, 3.63) is 71.3 Å². The Morgan fingerprint density at radius 2 is 1.45 bits per heavy atom. The zero-order valence-corrected chi connectivity index (χ0v) is 11.3. The van der Waals surface area contributed by atoms with E-state index in [4.69, 9.17) is 5.73 Å². The summed E-state index contributed by atoms with van der Waals surface area (Å²) in [6, 6.07) is 18.6. The summed E-state index contributed by atoms with van der Waals surface area (Å²) in [5.41, 5.74) is 9.36. The molecule has 3 fully saturated rings. The van der Waals surface area contributed by atoms with Crippen molar-refractivity contribution < 1.29 is 4.79 Å². The van der Waals surface area contributed by atoms with Gasteiger partial charge >= 0.3 is 0 Å². The van der Waals surface area contributed by atoms with E-state index in [1.807, 2.05) is 18.2 Å². The molecular formula is C18H17NO. The van der Waals surface area contributed by atoms with Crippen LogP contribution in [0, 0.1) is 0 Å². The monoisotopic (exact) mass is 263 g/mol. The second-order valence-corrected chi connectivity index (χ2v) is 6.37. The molecule has 2 nitrogen and oxygen atoms in total. The Morgan fingerprint density at radius 3 is 2.10 bits per heavy atom. The molecule has 3 aliphatic carbocycles. The number of hydrogen-bond acceptors (Lipinski definition) is 1. The van der Waals surface area contributed by atoms with E-state index >= 15 is 0 Å². The quantitative estimate of drug-likeness (QED) is 0.908. The Hall–Kier alpha value is -2.09. The van der Waals surface area contributed by atoms with Crippen LogP contribution >= 0.6 is 0 Å². The van der Waals surface area contributed by atoms with Crippen molar-refractivity contribution in [2.24, 2.45) is 5.73 Å². The molecule has 20 heavy (non-hydrogen) atoms. The van der Waals surface area contributed by atoms with Crippen molar-refractivity contribution in [1.29, 1.82) is 0 Å². The smallest absolute Gasteiger partial charge is 0.248 e. The predicted molar refractivity (Wildman–Crippen MR) is 78.6 cm³/mol. The number of carbonyl (C=O) groups excluding carboxylic acids is 1. The Balaban J connectivity index is 1.66. The molecule has 0 saturated heterocycles. The largest absolute Gasteiger partial charge is 0.366 e. The molecule has 5 rings (SSSR count). The molecule has 0 unspecified atom stereocenters. The van der Waals surface area contributed by atoms with Crippen LogP contribution in [-0.2, 0) is 10.8 Å². The lowest BCUT2D eigenvalue weighted by atomic mass is 9.32. The summed E-state index contributed by atoms with van der Waals surface area (Å²) < 4.78 is 0. The molecule has 2 aromatic rings. The molecular weight excluding hydrogens is 246 g/mol. The van der Waals surface area contributed by atoms with Crippen LogP contribution in [0.2, 0.25) is 0 Å². The summed E-state index contributed by atoms with van der Waals surface area (Å²) in [7, 11) is 0. The van der Waals surface area contributed by atoms with Crippen LogP contribution in [0.4, 0.5) is 0 Å². The molecule has 2 heteroatoms. The first-order valence-electron chi connectivity index (χ1n) is 7.10. The van der Waals surface area contributed by atoms with Crippen LogP contribution in [0.3, 0.4) is 0 Å². The van der Waals surface area contributed by atoms with Gasteiger partial charge in [0.05, 0.1) is 0 Å². The Bertz CT molecular complexity index is 670. The maximum atomic E-state index is 11.6. The van der Waals surface area contributed by atoms with Crippen molar-refractivity contribution in [3.63, 3.8) is 0 Å². The number of nitrogens with two attached hydrogens (primary N) is 1. The predicted octanol–water partition coefficient (Wildman–Crippen LogP) is 3.16. The van der Waals surface area contributed by atoms with Gasteiger partial charge in [0.2, 0.25) is 5.91 Å². The average molecular weight is 263 g/mol. The van der Waals surface area contributed by atoms with Gasteiger partial charge in [0, 0.05) is 5.56 Å². The summed E-state index contributed by atoms with van der Waals surface area (Å²) in [6.45, 7) is 0. The molecule has 0 radical (unpaired) electrons. The fraction of sp³-hybridized carbons (Fsp3) is 0.278. The number of benzene rings is 2. The highest BCUT2D eigenvalue weighted by Gasteiger charge is 2.69. The summed E-state index contributed by atoms with van der Waals surface area (Å²) in [5, 5.41) is 0. The maximum absolute atomic E-state index is 11.6. The normalized spacial score (nSPS) is 30.2. The van der Waals surface area contributed by atoms with Crippen LogP contribution in [0.5, 0.6) is 0 Å². The first-order chi connectivity index (χ1) is 9.65. The zero-order valence-electron chi connectivity index (χ0n) is 11.3. The van der Waals surface area contributed by atoms with Crippen molar-refractivity contribution in [2.75, 3.05) is 0 Å². The fourth-order valence-corrected chi connectivity index (χ4v) is 4.33. The summed E-state index contributed by atoms with van der Waals surface area (Å²) >= 11 is 0. The minimum Gasteiger partial charge on any atom is -0.366 e. The Labute approximate surface area is 118 Å². The van der Waals surface area contributed by atoms with E-state index < -0.39 is 0 Å². The van der Waals surface area contributed by atoms with Crippen LogP contribution in [0.15, 0.2) is 54.6 Å². The van der Waals surface area contributed by atoms with Crippen LogP contribution in [0.1, 0.15) is 40.7 Å². The molecule has 2 aromatic carbocycles. The Kier molecular flexibility index (Phi) is 2.18. The van der Waals surface area contributed by atoms with Gasteiger partial charge in [0.1, 0.15) is 0 Å². The molecule has 3 aliphatic rings. The number of hydrogen-bond donors (Lipinski definition) is 1. The van der Waals surface area contributed by atoms with Crippen molar-refractivity contribution >= 4 is 5.91 Å². The van der Waals surface area contributed by atoms with Gasteiger partial charge < -0.3 is 5.73 Å². The topological polar surface area (TPSA) is 43.1 Å². The van der Waals surface area contributed by atoms with Gasteiger partial charge in [0.15, 0.2) is 0 Å². The van der Waals surface area contributed by atoms with Crippen molar-refractivity contribution in [2.45, 2.75) is 30.1 Å². The number of primary amides is 1. The minimum atomic E-state index is -0.306. The molecule has 100 valence electrons. The first-order valence-corrected chi connectivity index (χ1v) is 7.10. The number of carbonyl (C=O) groups is 1. The van der Waals surface area contributed by atoms with Gasteiger partial charge in [0.25, 0.3) is 0 Å². The van der Waals surface area contributed by atoms with E-state index in [-0.39, 0.29) is 11.3 Å². The Morgan fingerprint density at radius 1 is 0.850 bits per heavy atom. The number of amides is 1. The molecule has 0 aromatic heterocycles. The average Bonchev–Trinajstić information content (AvgIpc) is 2.37. The van der Waals surface area contributed by atoms with Crippen molar-refractivity contribution in [3.8, 4) is 0 Å². The van der Waals surface area contributed by atoms with Crippen LogP contribution in [-0.4, -0.2) is 5.91 Å². The van der Waals surface area contributed by atoms with Crippen LogP contribution < -0.4 is 5.73 Å². The number of rotatable bonds is 3. The molecule has 2 bridgehead atoms. The van der Waals surface area contributed by atoms with E-state index in [2.05, 4.69) is 36.4 Å². The lowest BCUT2D eigenvalue weighted by Gasteiger charge is -2.71. The van der Waals surface area contributed by atoms with E-state index in [1.54, 1.807) is 0 Å². The third-order valence-electron chi connectivity index (χ3n) is 5.18. The summed E-state index contributed by atoms with van der Waals surface area (Å²) in [5.74, 6) is -0.306. The van der Waals surface area contributed by atoms with Crippen LogP contribution in [0.25, 0.3) is 0 Å². The third-order valence-corrected chi connectivity index (χ3v) is 5.18. The molecule has 0 heterocycles. The lowest BCUT2D eigenvalue weighted by molar-refractivity contribution is -0.0696. The fourth-order valence-electron chi connectivity index (χ4n) is 4.33. The molecule has 0 atom stereocenters. The first kappa shape index (κ1) is 11.7. The second-order valence-electron chi connectivity index (χ2n) is 6.37. The van der Waals surface area contributed by atoms with Gasteiger partial charge in [-0.15, -0.1) is 0 Å². The van der Waals surface area contributed by atoms with Gasteiger partial charge in [-0.05, 0) is 47.3 Å². The highest BCUT2D eigenvalue weighted by molar-refractivity contribution is 5.95. The van der Waals surface area contributed by atoms with Gasteiger partial charge in [-0.25, -0.2) is 0 Å². The second kappa shape index (κ2) is 3.72. The highest BCUT2D eigenvalue weighted by Crippen LogP contribution is 2.74. The minimum absolute atomic E-state index is 0.196. The zero-order chi connectivity index (χ0) is 13.8. The molecule has 1 amide bonds. The van der Waals surface area contributed by atoms with Gasteiger partial charge in [-0.2, -0.15) is 0 Å². The van der Waals surface area contributed by atoms with Gasteiger partial charge in [-0.3, -0.25) is 4.79 Å². The lowest BCUT2D eigenvalue weighted by Crippen LogP contribution is -2.67. The molecule has 0 spiro atoms. The van der Waals surface area contributed by atoms with Gasteiger partial charge in [-0.1, -0.05) is 48.5 Å². The summed E-state index contributed by atoms with van der Waals surface area (Å²) in [6.07, 6.45) is 3.44. The molecule has 0 aliphatic heterocycles. The highest BCUT2D eigenvalue weighted by atomic mass is 16.1. The molecule has 2 N–H and O–H groups in total. The molecule has 3 saturated carbocycles. The third kappa shape index (κ3) is 1.36. The summed E-state index contributed by atoms with van der Waals surface area (Å²) in [4.78, 5) is 11.6. The van der Waals surface area contributed by atoms with E-state index in [9.17, 15) is 4.79 Å². The van der Waals surface area contributed by atoms with Crippen molar-refractivity contribution in [1.82, 2.24) is 0 Å². The standard InChI is InChI=1S/C18H17NO/c19-16(20)14-8-4-5-9-15(14)18-10-17(11-18,12-18)13-6-2-1-3-7-13/h1-9H,10-12H2,(H2,19,20). The SMILES string of the molecule is NC(=O)c1ccccc1C12CC(c3ccccc3)(C1)C2. The van der Waals surface area contributed by atoms with E-state index in [0.29, 0.717) is 11.0 Å². The maximum Gasteiger partial charge on any atom is 0.248 e. The van der Waals surface area contributed by atoms with E-state index in [0.717, 1.165) is 24.8 Å².